The van der Waals surface area contributed by atoms with Gasteiger partial charge in [0.05, 0.1) is 0 Å². The van der Waals surface area contributed by atoms with Gasteiger partial charge in [-0.3, -0.25) is 0 Å². The molecule has 9 aromatic rings. The van der Waals surface area contributed by atoms with Gasteiger partial charge in [0.2, 0.25) is 0 Å². The van der Waals surface area contributed by atoms with Crippen LogP contribution in [0, 0.1) is 0 Å². The molecule has 0 saturated heterocycles. The molecule has 4 aromatic heterocycles. The Labute approximate surface area is 342 Å². The minimum absolute atomic E-state index is 1.01. The molecule has 0 saturated carbocycles. The van der Waals surface area contributed by atoms with Crippen LogP contribution in [0.5, 0.6) is 0 Å². The van der Waals surface area contributed by atoms with Crippen molar-refractivity contribution in [2.45, 2.75) is 77.5 Å². The van der Waals surface area contributed by atoms with Gasteiger partial charge in [0.1, 0.15) is 26.2 Å². The number of hydrogen-bond donors (Lipinski definition) is 0. The third kappa shape index (κ3) is 9.13. The Morgan fingerprint density at radius 1 is 0.259 bits per heavy atom. The number of pyridine rings is 4. The SMILES string of the molecule is c1ccc2c[n+](CCCc3cc(CCC[n+]4ccc5ccccc5c4)c(CCC[n+]4ccc5ccccc5c4)cc3CCC[n+]3ccc4ccccc4c3)ccc2c1. The topological polar surface area (TPSA) is 15.5 Å². The quantitative estimate of drug-likeness (QED) is 0.0873. The second-order valence-electron chi connectivity index (χ2n) is 16.1. The zero-order chi connectivity index (χ0) is 38.9. The van der Waals surface area contributed by atoms with Crippen molar-refractivity contribution in [1.29, 1.82) is 0 Å². The summed E-state index contributed by atoms with van der Waals surface area (Å²) in [6.45, 7) is 4.04. The van der Waals surface area contributed by atoms with E-state index in [1.165, 1.54) is 65.3 Å². The summed E-state index contributed by atoms with van der Waals surface area (Å²) in [5, 5.41) is 10.4. The van der Waals surface area contributed by atoms with Crippen LogP contribution in [0.3, 0.4) is 0 Å². The Hall–Kier alpha value is -6.26. The van der Waals surface area contributed by atoms with Crippen LogP contribution in [0.4, 0.5) is 0 Å². The maximum Gasteiger partial charge on any atom is 0.176 e. The van der Waals surface area contributed by atoms with E-state index >= 15 is 0 Å². The molecule has 0 aliphatic heterocycles. The van der Waals surface area contributed by atoms with E-state index in [-0.39, 0.29) is 0 Å². The Bertz CT molecular complexity index is 2440. The number of rotatable bonds is 16. The van der Waals surface area contributed by atoms with Gasteiger partial charge < -0.3 is 0 Å². The first-order valence-electron chi connectivity index (χ1n) is 21.4. The molecular weight excluding hydrogens is 705 g/mol. The number of fused-ring (bicyclic) bond motifs is 4. The first-order chi connectivity index (χ1) is 28.7. The van der Waals surface area contributed by atoms with Gasteiger partial charge in [-0.25, -0.2) is 18.3 Å². The van der Waals surface area contributed by atoms with Gasteiger partial charge in [-0.05, 0) is 93.7 Å². The molecule has 9 rings (SSSR count). The number of hydrogen-bond acceptors (Lipinski definition) is 0. The second-order valence-corrected chi connectivity index (χ2v) is 16.1. The molecule has 0 fully saturated rings. The summed E-state index contributed by atoms with van der Waals surface area (Å²) in [5.74, 6) is 0. The first kappa shape index (κ1) is 37.3. The smallest absolute Gasteiger partial charge is 0.176 e. The molecule has 0 amide bonds. The van der Waals surface area contributed by atoms with Crippen molar-refractivity contribution in [3.05, 3.63) is 205 Å². The molecule has 0 radical (unpaired) electrons. The predicted octanol–water partition coefficient (Wildman–Crippen LogP) is 9.98. The average molecular weight is 759 g/mol. The number of benzene rings is 5. The highest BCUT2D eigenvalue weighted by Crippen LogP contribution is 2.24. The molecule has 58 heavy (non-hydrogen) atoms. The highest BCUT2D eigenvalue weighted by atomic mass is 14.9. The van der Waals surface area contributed by atoms with E-state index in [2.05, 4.69) is 201 Å². The fraction of sp³-hybridized carbons (Fsp3) is 0.222. The predicted molar refractivity (Wildman–Crippen MR) is 236 cm³/mol. The fourth-order valence-corrected chi connectivity index (χ4v) is 8.80. The summed E-state index contributed by atoms with van der Waals surface area (Å²) in [6, 6.07) is 48.9. The van der Waals surface area contributed by atoms with Gasteiger partial charge in [0, 0.05) is 71.5 Å². The monoisotopic (exact) mass is 758 g/mol. The highest BCUT2D eigenvalue weighted by molar-refractivity contribution is 5.82. The summed E-state index contributed by atoms with van der Waals surface area (Å²) in [6.07, 6.45) is 27.0. The van der Waals surface area contributed by atoms with Crippen LogP contribution in [0.2, 0.25) is 0 Å². The van der Waals surface area contributed by atoms with E-state index in [0.29, 0.717) is 0 Å². The van der Waals surface area contributed by atoms with Gasteiger partial charge in [-0.15, -0.1) is 0 Å². The second kappa shape index (κ2) is 17.9. The van der Waals surface area contributed by atoms with Crippen LogP contribution in [-0.4, -0.2) is 0 Å². The fourth-order valence-electron chi connectivity index (χ4n) is 8.80. The molecule has 0 unspecified atom stereocenters. The highest BCUT2D eigenvalue weighted by Gasteiger charge is 2.15. The maximum absolute atomic E-state index is 2.62. The van der Waals surface area contributed by atoms with E-state index in [4.69, 9.17) is 0 Å². The Balaban J connectivity index is 0.968. The summed E-state index contributed by atoms with van der Waals surface area (Å²) < 4.78 is 9.50. The third-order valence-corrected chi connectivity index (χ3v) is 12.0. The average Bonchev–Trinajstić information content (AvgIpc) is 3.27. The lowest BCUT2D eigenvalue weighted by atomic mass is 9.89. The number of nitrogens with zero attached hydrogens (tertiary/aromatic N) is 4. The van der Waals surface area contributed by atoms with Crippen molar-refractivity contribution >= 4 is 43.1 Å². The van der Waals surface area contributed by atoms with Gasteiger partial charge in [-0.1, -0.05) is 84.9 Å². The van der Waals surface area contributed by atoms with Crippen LogP contribution < -0.4 is 18.3 Å². The van der Waals surface area contributed by atoms with Crippen molar-refractivity contribution in [1.82, 2.24) is 0 Å². The molecule has 0 aliphatic carbocycles. The van der Waals surface area contributed by atoms with Crippen molar-refractivity contribution in [2.75, 3.05) is 0 Å². The van der Waals surface area contributed by atoms with E-state index in [1.54, 1.807) is 0 Å². The van der Waals surface area contributed by atoms with Crippen molar-refractivity contribution in [3.63, 3.8) is 0 Å². The lowest BCUT2D eigenvalue weighted by Gasteiger charge is -2.17. The van der Waals surface area contributed by atoms with Crippen LogP contribution in [0.25, 0.3) is 43.1 Å². The van der Waals surface area contributed by atoms with E-state index in [1.807, 2.05) is 0 Å². The Kier molecular flexibility index (Phi) is 11.5. The number of aromatic nitrogens is 4. The summed E-state index contributed by atoms with van der Waals surface area (Å²) >= 11 is 0. The standard InChI is InChI=1S/C54H54N4/c1-5-17-51-39-55(33-25-43(51)13-1)29-9-21-47-37-49(23-11-31-57-35-27-45-15-3-7-19-53(45)41-57)50(24-12-32-58-36-28-46-16-4-8-20-54(46)42-58)38-48(47)22-10-30-56-34-26-44-14-2-6-18-52(44)40-56/h1-8,13-20,25-28,33-42H,9-12,21-24,29-32H2/q+4. The minimum atomic E-state index is 1.01. The van der Waals surface area contributed by atoms with Crippen LogP contribution >= 0.6 is 0 Å². The van der Waals surface area contributed by atoms with E-state index in [0.717, 1.165) is 77.5 Å². The van der Waals surface area contributed by atoms with E-state index < -0.39 is 0 Å². The maximum atomic E-state index is 2.62. The van der Waals surface area contributed by atoms with Crippen molar-refractivity contribution < 1.29 is 18.3 Å². The lowest BCUT2D eigenvalue weighted by molar-refractivity contribution is -0.696. The molecule has 286 valence electrons. The summed E-state index contributed by atoms with van der Waals surface area (Å²) in [4.78, 5) is 0. The molecule has 0 atom stereocenters. The molecule has 4 heteroatoms. The molecular formula is C54H54N4+4. The third-order valence-electron chi connectivity index (χ3n) is 12.0. The molecule has 0 spiro atoms. The van der Waals surface area contributed by atoms with Gasteiger partial charge >= 0.3 is 0 Å². The molecule has 0 N–H and O–H groups in total. The van der Waals surface area contributed by atoms with Crippen LogP contribution in [0.15, 0.2) is 183 Å². The Morgan fingerprint density at radius 2 is 0.483 bits per heavy atom. The van der Waals surface area contributed by atoms with Crippen LogP contribution in [0.1, 0.15) is 47.9 Å². The van der Waals surface area contributed by atoms with Gasteiger partial charge in [-0.2, -0.15) is 0 Å². The largest absolute Gasteiger partial charge is 0.204 e. The summed E-state index contributed by atoms with van der Waals surface area (Å²) in [5.41, 5.74) is 6.13. The zero-order valence-corrected chi connectivity index (χ0v) is 33.6. The van der Waals surface area contributed by atoms with Gasteiger partial charge in [0.15, 0.2) is 49.6 Å². The van der Waals surface area contributed by atoms with Crippen LogP contribution in [-0.2, 0) is 51.9 Å². The summed E-state index contributed by atoms with van der Waals surface area (Å²) in [7, 11) is 0. The molecule has 4 nitrogen and oxygen atoms in total. The molecule has 5 aromatic carbocycles. The molecule has 0 bridgehead atoms. The van der Waals surface area contributed by atoms with Gasteiger partial charge in [0.25, 0.3) is 0 Å². The Morgan fingerprint density at radius 3 is 0.724 bits per heavy atom. The zero-order valence-electron chi connectivity index (χ0n) is 33.6. The van der Waals surface area contributed by atoms with Crippen molar-refractivity contribution in [3.8, 4) is 0 Å². The molecule has 4 heterocycles. The molecule has 0 aliphatic rings. The normalized spacial score (nSPS) is 11.6. The van der Waals surface area contributed by atoms with E-state index in [9.17, 15) is 0 Å². The lowest BCUT2D eigenvalue weighted by Crippen LogP contribution is -2.33. The number of aryl methyl sites for hydroxylation is 8. The first-order valence-corrected chi connectivity index (χ1v) is 21.4. The minimum Gasteiger partial charge on any atom is -0.204 e. The van der Waals surface area contributed by atoms with Crippen molar-refractivity contribution in [2.24, 2.45) is 0 Å².